The topological polar surface area (TPSA) is 97.7 Å². The first kappa shape index (κ1) is 14.2. The Bertz CT molecular complexity index is 558. The Labute approximate surface area is 115 Å². The van der Waals surface area contributed by atoms with Crippen molar-refractivity contribution in [2.75, 3.05) is 6.54 Å². The molecule has 0 aliphatic carbocycles. The van der Waals surface area contributed by atoms with Gasteiger partial charge in [-0.25, -0.2) is 0 Å². The third kappa shape index (κ3) is 2.18. The molecule has 1 aliphatic heterocycles. The summed E-state index contributed by atoms with van der Waals surface area (Å²) in [5.74, 6) is -2.60. The molecule has 1 heterocycles. The van der Waals surface area contributed by atoms with Gasteiger partial charge in [-0.2, -0.15) is 0 Å². The van der Waals surface area contributed by atoms with Gasteiger partial charge in [-0.1, -0.05) is 26.0 Å². The van der Waals surface area contributed by atoms with Gasteiger partial charge in [-0.05, 0) is 12.1 Å². The van der Waals surface area contributed by atoms with Gasteiger partial charge in [0, 0.05) is 12.0 Å². The number of aliphatic hydroxyl groups is 1. The van der Waals surface area contributed by atoms with Crippen LogP contribution in [0.25, 0.3) is 0 Å². The number of carbonyl (C=O) groups excluding carboxylic acids is 3. The smallest absolute Gasteiger partial charge is 0.261 e. The first-order chi connectivity index (χ1) is 9.25. The van der Waals surface area contributed by atoms with Crippen LogP contribution in [0.3, 0.4) is 0 Å². The number of hydrogen-bond acceptors (Lipinski definition) is 5. The summed E-state index contributed by atoms with van der Waals surface area (Å²) in [4.78, 5) is 36.0. The minimum atomic E-state index is -1.77. The lowest BCUT2D eigenvalue weighted by Gasteiger charge is -2.33. The average Bonchev–Trinajstić information content (AvgIpc) is 2.63. The van der Waals surface area contributed by atoms with Gasteiger partial charge in [-0.15, -0.1) is 0 Å². The van der Waals surface area contributed by atoms with E-state index < -0.39 is 29.3 Å². The van der Waals surface area contributed by atoms with Crippen LogP contribution < -0.4 is 5.11 Å². The SMILES string of the molecule is CC(C)(CN1C(=O)c2ccccc2C1=O)[C@H](O)C(=O)[O-]. The molecule has 0 saturated heterocycles. The van der Waals surface area contributed by atoms with Crippen molar-refractivity contribution in [1.29, 1.82) is 0 Å². The molecule has 1 atom stereocenters. The molecule has 106 valence electrons. The van der Waals surface area contributed by atoms with E-state index in [1.807, 2.05) is 0 Å². The molecule has 0 bridgehead atoms. The molecule has 2 rings (SSSR count). The molecule has 20 heavy (non-hydrogen) atoms. The van der Waals surface area contributed by atoms with Crippen molar-refractivity contribution in [2.45, 2.75) is 20.0 Å². The lowest BCUT2D eigenvalue weighted by atomic mass is 9.86. The number of aliphatic hydroxyl groups excluding tert-OH is 1. The van der Waals surface area contributed by atoms with Crippen molar-refractivity contribution >= 4 is 17.8 Å². The highest BCUT2D eigenvalue weighted by Gasteiger charge is 2.40. The molecule has 1 aromatic rings. The van der Waals surface area contributed by atoms with Gasteiger partial charge < -0.3 is 15.0 Å². The molecule has 0 radical (unpaired) electrons. The van der Waals surface area contributed by atoms with E-state index in [1.54, 1.807) is 12.1 Å². The van der Waals surface area contributed by atoms with Crippen LogP contribution in [-0.4, -0.2) is 40.4 Å². The monoisotopic (exact) mass is 276 g/mol. The summed E-state index contributed by atoms with van der Waals surface area (Å²) in [6.45, 7) is 2.71. The van der Waals surface area contributed by atoms with Gasteiger partial charge in [0.05, 0.1) is 17.1 Å². The largest absolute Gasteiger partial charge is 0.547 e. The van der Waals surface area contributed by atoms with Crippen LogP contribution in [0.5, 0.6) is 0 Å². The quantitative estimate of drug-likeness (QED) is 0.742. The Balaban J connectivity index is 2.27. The minimum absolute atomic E-state index is 0.200. The zero-order valence-corrected chi connectivity index (χ0v) is 11.1. The fourth-order valence-corrected chi connectivity index (χ4v) is 2.20. The summed E-state index contributed by atoms with van der Waals surface area (Å²) in [5.41, 5.74) is -0.626. The summed E-state index contributed by atoms with van der Waals surface area (Å²) in [6, 6.07) is 6.37. The molecule has 1 aliphatic rings. The standard InChI is InChI=1S/C14H15NO5/c1-14(2,10(16)13(19)20)7-15-11(17)8-5-3-4-6-9(8)12(15)18/h3-6,10,16H,7H2,1-2H3,(H,19,20)/p-1/t10-/m1/s1. The normalized spacial score (nSPS) is 16.2. The fourth-order valence-electron chi connectivity index (χ4n) is 2.20. The summed E-state index contributed by atoms with van der Waals surface area (Å²) >= 11 is 0. The number of carbonyl (C=O) groups is 3. The highest BCUT2D eigenvalue weighted by molar-refractivity contribution is 6.21. The van der Waals surface area contributed by atoms with E-state index in [9.17, 15) is 24.6 Å². The second-order valence-electron chi connectivity index (χ2n) is 5.45. The van der Waals surface area contributed by atoms with Crippen molar-refractivity contribution in [2.24, 2.45) is 5.41 Å². The maximum absolute atomic E-state index is 12.1. The van der Waals surface area contributed by atoms with Crippen LogP contribution in [0, 0.1) is 5.41 Å². The number of aliphatic carboxylic acids is 1. The first-order valence-corrected chi connectivity index (χ1v) is 6.10. The Hall–Kier alpha value is -2.21. The number of fused-ring (bicyclic) bond motifs is 1. The van der Waals surface area contributed by atoms with E-state index in [-0.39, 0.29) is 17.7 Å². The van der Waals surface area contributed by atoms with Crippen molar-refractivity contribution in [1.82, 2.24) is 4.90 Å². The van der Waals surface area contributed by atoms with Crippen molar-refractivity contribution in [3.05, 3.63) is 35.4 Å². The minimum Gasteiger partial charge on any atom is -0.547 e. The number of carboxylic acid groups (broad SMARTS) is 1. The van der Waals surface area contributed by atoms with Crippen LogP contribution in [0.1, 0.15) is 34.6 Å². The molecule has 1 aromatic carbocycles. The van der Waals surface area contributed by atoms with Crippen LogP contribution >= 0.6 is 0 Å². The molecule has 0 unspecified atom stereocenters. The number of benzene rings is 1. The predicted molar refractivity (Wildman–Crippen MR) is 66.6 cm³/mol. The molecule has 2 amide bonds. The highest BCUT2D eigenvalue weighted by Crippen LogP contribution is 2.28. The van der Waals surface area contributed by atoms with Crippen molar-refractivity contribution in [3.8, 4) is 0 Å². The average molecular weight is 276 g/mol. The number of nitrogens with zero attached hydrogens (tertiary/aromatic N) is 1. The van der Waals surface area contributed by atoms with Crippen molar-refractivity contribution < 1.29 is 24.6 Å². The summed E-state index contributed by atoms with van der Waals surface area (Å²) < 4.78 is 0. The number of carboxylic acids is 1. The summed E-state index contributed by atoms with van der Waals surface area (Å²) in [5, 5.41) is 20.3. The van der Waals surface area contributed by atoms with E-state index in [0.29, 0.717) is 0 Å². The van der Waals surface area contributed by atoms with Crippen LogP contribution in [0.4, 0.5) is 0 Å². The number of hydrogen-bond donors (Lipinski definition) is 1. The number of amides is 2. The third-order valence-corrected chi connectivity index (χ3v) is 3.41. The van der Waals surface area contributed by atoms with Crippen LogP contribution in [0.2, 0.25) is 0 Å². The molecule has 0 fully saturated rings. The molecule has 6 nitrogen and oxygen atoms in total. The maximum atomic E-state index is 12.1. The molecule has 0 aromatic heterocycles. The molecule has 0 saturated carbocycles. The van der Waals surface area contributed by atoms with Gasteiger partial charge >= 0.3 is 0 Å². The lowest BCUT2D eigenvalue weighted by Crippen LogP contribution is -2.51. The van der Waals surface area contributed by atoms with Crippen LogP contribution in [-0.2, 0) is 4.79 Å². The fraction of sp³-hybridized carbons (Fsp3) is 0.357. The predicted octanol–water partition coefficient (Wildman–Crippen LogP) is -0.580. The van der Waals surface area contributed by atoms with Gasteiger partial charge in [0.25, 0.3) is 11.8 Å². The zero-order valence-electron chi connectivity index (χ0n) is 11.1. The van der Waals surface area contributed by atoms with Gasteiger partial charge in [0.15, 0.2) is 0 Å². The Kier molecular flexibility index (Phi) is 3.35. The summed E-state index contributed by atoms with van der Waals surface area (Å²) in [7, 11) is 0. The van der Waals surface area contributed by atoms with Crippen molar-refractivity contribution in [3.63, 3.8) is 0 Å². The Morgan fingerprint density at radius 2 is 1.70 bits per heavy atom. The van der Waals surface area contributed by atoms with E-state index >= 15 is 0 Å². The van der Waals surface area contributed by atoms with E-state index in [1.165, 1.54) is 26.0 Å². The zero-order chi connectivity index (χ0) is 15.1. The van der Waals surface area contributed by atoms with Crippen LogP contribution in [0.15, 0.2) is 24.3 Å². The Morgan fingerprint density at radius 3 is 2.10 bits per heavy atom. The first-order valence-electron chi connectivity index (χ1n) is 6.10. The second kappa shape index (κ2) is 4.72. The highest BCUT2D eigenvalue weighted by atomic mass is 16.4. The third-order valence-electron chi connectivity index (χ3n) is 3.41. The molecule has 1 N–H and O–H groups in total. The number of imide groups is 1. The molecular formula is C14H14NO5-. The number of rotatable bonds is 4. The molecule has 0 spiro atoms. The van der Waals surface area contributed by atoms with E-state index in [0.717, 1.165) is 4.90 Å². The summed E-state index contributed by atoms with van der Waals surface area (Å²) in [6.07, 6.45) is -1.77. The van der Waals surface area contributed by atoms with Gasteiger partial charge in [-0.3, -0.25) is 14.5 Å². The van der Waals surface area contributed by atoms with E-state index in [2.05, 4.69) is 0 Å². The molecular weight excluding hydrogens is 262 g/mol. The maximum Gasteiger partial charge on any atom is 0.261 e. The Morgan fingerprint density at radius 1 is 1.25 bits per heavy atom. The van der Waals surface area contributed by atoms with E-state index in [4.69, 9.17) is 0 Å². The van der Waals surface area contributed by atoms with Gasteiger partial charge in [0.2, 0.25) is 0 Å². The lowest BCUT2D eigenvalue weighted by molar-refractivity contribution is -0.319. The molecule has 6 heteroatoms. The van der Waals surface area contributed by atoms with Gasteiger partial charge in [0.1, 0.15) is 6.10 Å². The second-order valence-corrected chi connectivity index (χ2v) is 5.45.